The fourth-order valence-electron chi connectivity index (χ4n) is 2.40. The molecule has 0 bridgehead atoms. The molecule has 5 nitrogen and oxygen atoms in total. The van der Waals surface area contributed by atoms with Crippen LogP contribution in [0.3, 0.4) is 0 Å². The van der Waals surface area contributed by atoms with Gasteiger partial charge in [-0.2, -0.15) is 5.10 Å². The maximum absolute atomic E-state index is 4.46. The second kappa shape index (κ2) is 4.00. The van der Waals surface area contributed by atoms with E-state index in [2.05, 4.69) is 26.8 Å². The highest BCUT2D eigenvalue weighted by Crippen LogP contribution is 2.20. The number of nitrogens with zero attached hydrogens (tertiary/aromatic N) is 3. The standard InChI is InChI=1S/C12H17N5/c1-8-11-5-10(15-9-3-4-13-6-9)7-14-12(11)17(2)16-8/h5,7,9,13,15H,3-4,6H2,1-2H3. The molecule has 0 saturated carbocycles. The van der Waals surface area contributed by atoms with Crippen LogP contribution >= 0.6 is 0 Å². The van der Waals surface area contributed by atoms with Gasteiger partial charge in [0.25, 0.3) is 0 Å². The van der Waals surface area contributed by atoms with Crippen LogP contribution in [-0.4, -0.2) is 33.9 Å². The molecule has 3 rings (SSSR count). The largest absolute Gasteiger partial charge is 0.380 e. The van der Waals surface area contributed by atoms with E-state index >= 15 is 0 Å². The molecule has 1 atom stereocenters. The summed E-state index contributed by atoms with van der Waals surface area (Å²) in [5.74, 6) is 0. The van der Waals surface area contributed by atoms with E-state index in [0.717, 1.165) is 35.5 Å². The Morgan fingerprint density at radius 2 is 2.41 bits per heavy atom. The number of rotatable bonds is 2. The summed E-state index contributed by atoms with van der Waals surface area (Å²) in [5, 5.41) is 12.4. The van der Waals surface area contributed by atoms with Crippen molar-refractivity contribution in [1.29, 1.82) is 0 Å². The van der Waals surface area contributed by atoms with Crippen molar-refractivity contribution in [3.05, 3.63) is 18.0 Å². The zero-order chi connectivity index (χ0) is 11.8. The molecule has 0 radical (unpaired) electrons. The van der Waals surface area contributed by atoms with Gasteiger partial charge in [0.2, 0.25) is 0 Å². The van der Waals surface area contributed by atoms with Gasteiger partial charge >= 0.3 is 0 Å². The monoisotopic (exact) mass is 231 g/mol. The Morgan fingerprint density at radius 3 is 3.18 bits per heavy atom. The van der Waals surface area contributed by atoms with E-state index in [1.54, 1.807) is 0 Å². The third-order valence-corrected chi connectivity index (χ3v) is 3.29. The lowest BCUT2D eigenvalue weighted by atomic mass is 10.2. The molecule has 0 aromatic carbocycles. The molecule has 5 heteroatoms. The van der Waals surface area contributed by atoms with Crippen LogP contribution in [0.15, 0.2) is 12.3 Å². The van der Waals surface area contributed by atoms with Crippen molar-refractivity contribution >= 4 is 16.7 Å². The number of hydrogen-bond acceptors (Lipinski definition) is 4. The van der Waals surface area contributed by atoms with Gasteiger partial charge in [-0.15, -0.1) is 0 Å². The van der Waals surface area contributed by atoms with Crippen molar-refractivity contribution in [2.45, 2.75) is 19.4 Å². The van der Waals surface area contributed by atoms with Crippen molar-refractivity contribution in [3.8, 4) is 0 Å². The number of hydrogen-bond donors (Lipinski definition) is 2. The first-order chi connectivity index (χ1) is 8.24. The smallest absolute Gasteiger partial charge is 0.157 e. The third kappa shape index (κ3) is 1.86. The molecule has 0 amide bonds. The van der Waals surface area contributed by atoms with Crippen molar-refractivity contribution in [2.24, 2.45) is 7.05 Å². The van der Waals surface area contributed by atoms with Gasteiger partial charge in [0.15, 0.2) is 5.65 Å². The molecule has 2 aromatic rings. The van der Waals surface area contributed by atoms with E-state index in [9.17, 15) is 0 Å². The number of pyridine rings is 1. The van der Waals surface area contributed by atoms with E-state index in [0.29, 0.717) is 6.04 Å². The minimum Gasteiger partial charge on any atom is -0.380 e. The van der Waals surface area contributed by atoms with Gasteiger partial charge < -0.3 is 10.6 Å². The van der Waals surface area contributed by atoms with Crippen LogP contribution in [0.4, 0.5) is 5.69 Å². The predicted octanol–water partition coefficient (Wildman–Crippen LogP) is 1.05. The minimum absolute atomic E-state index is 0.520. The number of fused-ring (bicyclic) bond motifs is 1. The molecule has 17 heavy (non-hydrogen) atoms. The lowest BCUT2D eigenvalue weighted by Crippen LogP contribution is -2.22. The molecule has 1 saturated heterocycles. The summed E-state index contributed by atoms with van der Waals surface area (Å²) in [7, 11) is 1.93. The number of anilines is 1. The van der Waals surface area contributed by atoms with E-state index in [-0.39, 0.29) is 0 Å². The molecule has 1 fully saturated rings. The van der Waals surface area contributed by atoms with E-state index in [1.807, 2.05) is 24.9 Å². The molecular weight excluding hydrogens is 214 g/mol. The highest BCUT2D eigenvalue weighted by atomic mass is 15.3. The lowest BCUT2D eigenvalue weighted by Gasteiger charge is -2.12. The number of aromatic nitrogens is 3. The topological polar surface area (TPSA) is 54.8 Å². The van der Waals surface area contributed by atoms with Gasteiger partial charge in [0.1, 0.15) is 0 Å². The molecule has 1 aliphatic rings. The first-order valence-corrected chi connectivity index (χ1v) is 6.00. The summed E-state index contributed by atoms with van der Waals surface area (Å²) in [6.45, 7) is 4.15. The Bertz CT molecular complexity index is 539. The maximum atomic E-state index is 4.46. The van der Waals surface area contributed by atoms with E-state index in [4.69, 9.17) is 0 Å². The molecular formula is C12H17N5. The van der Waals surface area contributed by atoms with Crippen LogP contribution in [0.1, 0.15) is 12.1 Å². The van der Waals surface area contributed by atoms with Crippen LogP contribution in [-0.2, 0) is 7.05 Å². The normalized spacial score (nSPS) is 20.0. The van der Waals surface area contributed by atoms with Crippen LogP contribution in [0.5, 0.6) is 0 Å². The third-order valence-electron chi connectivity index (χ3n) is 3.29. The van der Waals surface area contributed by atoms with Gasteiger partial charge in [-0.1, -0.05) is 0 Å². The van der Waals surface area contributed by atoms with E-state index < -0.39 is 0 Å². The summed E-state index contributed by atoms with van der Waals surface area (Å²) < 4.78 is 1.82. The van der Waals surface area contributed by atoms with Gasteiger partial charge in [0.05, 0.1) is 17.6 Å². The van der Waals surface area contributed by atoms with Gasteiger partial charge in [-0.25, -0.2) is 4.98 Å². The summed E-state index contributed by atoms with van der Waals surface area (Å²) >= 11 is 0. The zero-order valence-corrected chi connectivity index (χ0v) is 10.2. The quantitative estimate of drug-likeness (QED) is 0.811. The highest BCUT2D eigenvalue weighted by molar-refractivity contribution is 5.81. The molecule has 2 aromatic heterocycles. The Morgan fingerprint density at radius 1 is 1.53 bits per heavy atom. The van der Waals surface area contributed by atoms with Crippen molar-refractivity contribution in [1.82, 2.24) is 20.1 Å². The molecule has 2 N–H and O–H groups in total. The lowest BCUT2D eigenvalue weighted by molar-refractivity contribution is 0.773. The van der Waals surface area contributed by atoms with Crippen LogP contribution in [0.25, 0.3) is 11.0 Å². The first kappa shape index (κ1) is 10.5. The zero-order valence-electron chi connectivity index (χ0n) is 10.2. The Balaban J connectivity index is 1.92. The van der Waals surface area contributed by atoms with Crippen LogP contribution < -0.4 is 10.6 Å². The molecule has 1 aliphatic heterocycles. The predicted molar refractivity (Wildman–Crippen MR) is 68.1 cm³/mol. The van der Waals surface area contributed by atoms with Gasteiger partial charge in [0, 0.05) is 25.0 Å². The SMILES string of the molecule is Cc1nn(C)c2ncc(NC3CCNC3)cc12. The summed E-state index contributed by atoms with van der Waals surface area (Å²) in [5.41, 5.74) is 3.06. The second-order valence-corrected chi connectivity index (χ2v) is 4.64. The average molecular weight is 231 g/mol. The molecule has 0 aliphatic carbocycles. The van der Waals surface area contributed by atoms with Crippen molar-refractivity contribution in [3.63, 3.8) is 0 Å². The number of nitrogens with one attached hydrogen (secondary N) is 2. The summed E-state index contributed by atoms with van der Waals surface area (Å²) in [6, 6.07) is 2.66. The van der Waals surface area contributed by atoms with Crippen molar-refractivity contribution < 1.29 is 0 Å². The fraction of sp³-hybridized carbons (Fsp3) is 0.500. The maximum Gasteiger partial charge on any atom is 0.157 e. The van der Waals surface area contributed by atoms with Gasteiger partial charge in [-0.3, -0.25) is 4.68 Å². The average Bonchev–Trinajstić information content (AvgIpc) is 2.89. The van der Waals surface area contributed by atoms with Gasteiger partial charge in [-0.05, 0) is 26.0 Å². The van der Waals surface area contributed by atoms with Crippen LogP contribution in [0, 0.1) is 6.92 Å². The Labute approximate surface area is 100 Å². The molecule has 1 unspecified atom stereocenters. The minimum atomic E-state index is 0.520. The Kier molecular flexibility index (Phi) is 2.48. The number of aryl methyl sites for hydroxylation is 2. The highest BCUT2D eigenvalue weighted by Gasteiger charge is 2.14. The van der Waals surface area contributed by atoms with E-state index in [1.165, 1.54) is 6.42 Å². The summed E-state index contributed by atoms with van der Waals surface area (Å²) in [6.07, 6.45) is 3.06. The van der Waals surface area contributed by atoms with Crippen molar-refractivity contribution in [2.75, 3.05) is 18.4 Å². The Hall–Kier alpha value is -1.62. The second-order valence-electron chi connectivity index (χ2n) is 4.64. The van der Waals surface area contributed by atoms with Crippen LogP contribution in [0.2, 0.25) is 0 Å². The summed E-state index contributed by atoms with van der Waals surface area (Å²) in [4.78, 5) is 4.46. The molecule has 3 heterocycles. The fourth-order valence-corrected chi connectivity index (χ4v) is 2.40. The molecule has 0 spiro atoms. The first-order valence-electron chi connectivity index (χ1n) is 6.00. The molecule has 90 valence electrons.